The molecule has 1 heterocycles. The largest absolute Gasteiger partial charge is 0.489 e. The first kappa shape index (κ1) is 18.8. The molecule has 2 unspecified atom stereocenters. The monoisotopic (exact) mass is 361 g/mol. The van der Waals surface area contributed by atoms with Crippen LogP contribution in [0.3, 0.4) is 0 Å². The van der Waals surface area contributed by atoms with Crippen LogP contribution >= 0.6 is 23.2 Å². The number of nitrogens with zero attached hydrogens (tertiary/aromatic N) is 1. The quantitative estimate of drug-likeness (QED) is 0.691. The first-order chi connectivity index (χ1) is 11.0. The van der Waals surface area contributed by atoms with Gasteiger partial charge in [0.05, 0.1) is 30.4 Å². The first-order valence-electron chi connectivity index (χ1n) is 7.99. The Hall–Kier alpha value is -0.520. The zero-order chi connectivity index (χ0) is 16.8. The lowest BCUT2D eigenvalue weighted by Crippen LogP contribution is -2.46. The van der Waals surface area contributed by atoms with Gasteiger partial charge in [0.2, 0.25) is 0 Å². The lowest BCUT2D eigenvalue weighted by atomic mass is 10.2. The van der Waals surface area contributed by atoms with E-state index >= 15 is 0 Å². The molecule has 0 aliphatic carbocycles. The van der Waals surface area contributed by atoms with Gasteiger partial charge in [-0.2, -0.15) is 0 Å². The number of rotatable bonds is 7. The molecule has 1 aromatic rings. The molecule has 6 heteroatoms. The predicted molar refractivity (Wildman–Crippen MR) is 94.0 cm³/mol. The fraction of sp³-hybridized carbons (Fsp3) is 0.647. The van der Waals surface area contributed by atoms with E-state index in [1.54, 1.807) is 6.07 Å². The number of ether oxygens (including phenoxy) is 3. The van der Waals surface area contributed by atoms with Crippen LogP contribution in [0, 0.1) is 6.92 Å². The number of halogens is 2. The van der Waals surface area contributed by atoms with Crippen LogP contribution in [0.5, 0.6) is 5.75 Å². The molecule has 0 amide bonds. The van der Waals surface area contributed by atoms with Gasteiger partial charge in [-0.3, -0.25) is 4.90 Å². The molecule has 0 aromatic heterocycles. The van der Waals surface area contributed by atoms with Gasteiger partial charge in [0.15, 0.2) is 0 Å². The van der Waals surface area contributed by atoms with Gasteiger partial charge in [-0.25, -0.2) is 0 Å². The lowest BCUT2D eigenvalue weighted by molar-refractivity contribution is -0.0734. The molecule has 1 fully saturated rings. The van der Waals surface area contributed by atoms with E-state index in [9.17, 15) is 0 Å². The van der Waals surface area contributed by atoms with Gasteiger partial charge in [-0.05, 0) is 38.5 Å². The van der Waals surface area contributed by atoms with E-state index < -0.39 is 0 Å². The fourth-order valence-electron chi connectivity index (χ4n) is 2.84. The van der Waals surface area contributed by atoms with Crippen LogP contribution in [-0.4, -0.2) is 56.6 Å². The molecule has 1 aliphatic heterocycles. The van der Waals surface area contributed by atoms with Crippen molar-refractivity contribution in [2.75, 3.05) is 39.5 Å². The Bertz CT molecular complexity index is 480. The molecule has 23 heavy (non-hydrogen) atoms. The van der Waals surface area contributed by atoms with Crippen molar-refractivity contribution in [3.63, 3.8) is 0 Å². The molecule has 4 nitrogen and oxygen atoms in total. The van der Waals surface area contributed by atoms with Crippen LogP contribution in [0.2, 0.25) is 10.0 Å². The summed E-state index contributed by atoms with van der Waals surface area (Å²) < 4.78 is 17.1. The standard InChI is InChI=1S/C17H25Cl2NO3/c1-12-8-15(18)9-16(19)17(12)22-7-6-21-5-4-20-10-13(2)23-14(3)11-20/h8-9,13-14H,4-7,10-11H2,1-3H3. The SMILES string of the molecule is Cc1cc(Cl)cc(Cl)c1OCCOCCN1CC(C)OC(C)C1. The normalized spacial score (nSPS) is 22.3. The van der Waals surface area contributed by atoms with Crippen LogP contribution in [0.4, 0.5) is 0 Å². The third kappa shape index (κ3) is 6.12. The third-order valence-corrected chi connectivity index (χ3v) is 4.21. The van der Waals surface area contributed by atoms with E-state index in [0.29, 0.717) is 35.6 Å². The molecule has 0 saturated carbocycles. The van der Waals surface area contributed by atoms with E-state index in [1.165, 1.54) is 0 Å². The lowest BCUT2D eigenvalue weighted by Gasteiger charge is -2.35. The van der Waals surface area contributed by atoms with Gasteiger partial charge in [0, 0.05) is 24.7 Å². The summed E-state index contributed by atoms with van der Waals surface area (Å²) in [6.07, 6.45) is 0.578. The maximum atomic E-state index is 6.13. The van der Waals surface area contributed by atoms with Crippen LogP contribution in [-0.2, 0) is 9.47 Å². The summed E-state index contributed by atoms with van der Waals surface area (Å²) in [5.41, 5.74) is 0.929. The van der Waals surface area contributed by atoms with Gasteiger partial charge in [0.1, 0.15) is 12.4 Å². The van der Waals surface area contributed by atoms with E-state index in [-0.39, 0.29) is 12.2 Å². The molecule has 0 N–H and O–H groups in total. The Balaban J connectivity index is 1.63. The summed E-state index contributed by atoms with van der Waals surface area (Å²) >= 11 is 12.1. The number of benzene rings is 1. The molecule has 0 radical (unpaired) electrons. The molecule has 130 valence electrons. The van der Waals surface area contributed by atoms with E-state index in [1.807, 2.05) is 13.0 Å². The fourth-order valence-corrected chi connectivity index (χ4v) is 3.49. The second-order valence-electron chi connectivity index (χ2n) is 6.01. The highest BCUT2D eigenvalue weighted by molar-refractivity contribution is 6.35. The number of aryl methyl sites for hydroxylation is 1. The van der Waals surface area contributed by atoms with Crippen molar-refractivity contribution in [2.45, 2.75) is 33.0 Å². The van der Waals surface area contributed by atoms with Gasteiger partial charge in [0.25, 0.3) is 0 Å². The van der Waals surface area contributed by atoms with Gasteiger partial charge < -0.3 is 14.2 Å². The highest BCUT2D eigenvalue weighted by atomic mass is 35.5. The predicted octanol–water partition coefficient (Wildman–Crippen LogP) is 3.81. The summed E-state index contributed by atoms with van der Waals surface area (Å²) in [5, 5.41) is 1.15. The van der Waals surface area contributed by atoms with Crippen molar-refractivity contribution in [3.8, 4) is 5.75 Å². The molecule has 0 bridgehead atoms. The molecular weight excluding hydrogens is 337 g/mol. The van der Waals surface area contributed by atoms with Crippen molar-refractivity contribution in [2.24, 2.45) is 0 Å². The highest BCUT2D eigenvalue weighted by Gasteiger charge is 2.21. The number of hydrogen-bond donors (Lipinski definition) is 0. The zero-order valence-corrected chi connectivity index (χ0v) is 15.5. The van der Waals surface area contributed by atoms with Crippen LogP contribution in [0.1, 0.15) is 19.4 Å². The Kier molecular flexibility index (Phi) is 7.44. The molecule has 1 saturated heterocycles. The average Bonchev–Trinajstić information content (AvgIpc) is 2.43. The topological polar surface area (TPSA) is 30.9 Å². The third-order valence-electron chi connectivity index (χ3n) is 3.72. The zero-order valence-electron chi connectivity index (χ0n) is 14.0. The highest BCUT2D eigenvalue weighted by Crippen LogP contribution is 2.31. The maximum absolute atomic E-state index is 6.13. The first-order valence-corrected chi connectivity index (χ1v) is 8.75. The van der Waals surface area contributed by atoms with Crippen molar-refractivity contribution in [1.82, 2.24) is 4.90 Å². The Labute approximate surface area is 148 Å². The molecular formula is C17H25Cl2NO3. The van der Waals surface area contributed by atoms with Crippen molar-refractivity contribution in [1.29, 1.82) is 0 Å². The van der Waals surface area contributed by atoms with Crippen molar-refractivity contribution < 1.29 is 14.2 Å². The molecule has 1 aliphatic rings. The van der Waals surface area contributed by atoms with Crippen LogP contribution in [0.25, 0.3) is 0 Å². The summed E-state index contributed by atoms with van der Waals surface area (Å²) in [7, 11) is 0. The molecule has 0 spiro atoms. The summed E-state index contributed by atoms with van der Waals surface area (Å²) in [6.45, 7) is 10.7. The molecule has 1 aromatic carbocycles. The van der Waals surface area contributed by atoms with Crippen LogP contribution in [0.15, 0.2) is 12.1 Å². The number of hydrogen-bond acceptors (Lipinski definition) is 4. The van der Waals surface area contributed by atoms with Gasteiger partial charge >= 0.3 is 0 Å². The van der Waals surface area contributed by atoms with Crippen molar-refractivity contribution in [3.05, 3.63) is 27.7 Å². The average molecular weight is 362 g/mol. The summed E-state index contributed by atoms with van der Waals surface area (Å²) in [5.74, 6) is 0.676. The van der Waals surface area contributed by atoms with Crippen LogP contribution < -0.4 is 4.74 Å². The van der Waals surface area contributed by atoms with E-state index in [2.05, 4.69) is 18.7 Å². The second kappa shape index (κ2) is 9.09. The minimum absolute atomic E-state index is 0.289. The minimum atomic E-state index is 0.289. The Morgan fingerprint density at radius 3 is 2.48 bits per heavy atom. The second-order valence-corrected chi connectivity index (χ2v) is 6.85. The van der Waals surface area contributed by atoms with E-state index in [4.69, 9.17) is 37.4 Å². The Morgan fingerprint density at radius 1 is 1.13 bits per heavy atom. The van der Waals surface area contributed by atoms with Gasteiger partial charge in [-0.1, -0.05) is 23.2 Å². The summed E-state index contributed by atoms with van der Waals surface area (Å²) in [4.78, 5) is 2.37. The maximum Gasteiger partial charge on any atom is 0.141 e. The molecule has 2 rings (SSSR count). The smallest absolute Gasteiger partial charge is 0.141 e. The van der Waals surface area contributed by atoms with E-state index in [0.717, 1.165) is 25.2 Å². The molecule has 2 atom stereocenters. The Morgan fingerprint density at radius 2 is 1.83 bits per heavy atom. The minimum Gasteiger partial charge on any atom is -0.489 e. The van der Waals surface area contributed by atoms with Gasteiger partial charge in [-0.15, -0.1) is 0 Å². The van der Waals surface area contributed by atoms with Crippen molar-refractivity contribution >= 4 is 23.2 Å². The summed E-state index contributed by atoms with van der Waals surface area (Å²) in [6, 6.07) is 3.53. The number of morpholine rings is 1.